The van der Waals surface area contributed by atoms with E-state index in [2.05, 4.69) is 25.4 Å². The number of nitrogens with one attached hydrogen (secondary N) is 2. The van der Waals surface area contributed by atoms with Crippen molar-refractivity contribution in [3.63, 3.8) is 0 Å². The Bertz CT molecular complexity index is 877. The van der Waals surface area contributed by atoms with Gasteiger partial charge in [-0.25, -0.2) is 9.62 Å². The van der Waals surface area contributed by atoms with Crippen molar-refractivity contribution >= 4 is 28.9 Å². The van der Waals surface area contributed by atoms with Gasteiger partial charge in [-0.15, -0.1) is 5.48 Å². The van der Waals surface area contributed by atoms with Crippen LogP contribution in [0.15, 0.2) is 53.2 Å². The second-order valence-corrected chi connectivity index (χ2v) is 5.75. The first-order valence-electron chi connectivity index (χ1n) is 7.54. The molecule has 0 saturated heterocycles. The summed E-state index contributed by atoms with van der Waals surface area (Å²) in [6.07, 6.45) is 0. The molecule has 0 aliphatic heterocycles. The van der Waals surface area contributed by atoms with E-state index in [9.17, 15) is 0 Å². The van der Waals surface area contributed by atoms with Gasteiger partial charge in [-0.2, -0.15) is 4.84 Å². The summed E-state index contributed by atoms with van der Waals surface area (Å²) >= 11 is 6.12. The Kier molecular flexibility index (Phi) is 5.27. The minimum Gasteiger partial charge on any atom is -0.379 e. The van der Waals surface area contributed by atoms with Gasteiger partial charge in [0.05, 0.1) is 0 Å². The zero-order valence-corrected chi connectivity index (χ0v) is 14.2. The molecule has 0 fully saturated rings. The van der Waals surface area contributed by atoms with Crippen LogP contribution < -0.4 is 16.2 Å². The van der Waals surface area contributed by atoms with E-state index in [1.807, 2.05) is 49.4 Å². The van der Waals surface area contributed by atoms with E-state index < -0.39 is 0 Å². The number of nitrogens with zero attached hydrogens (tertiary/aromatic N) is 2. The van der Waals surface area contributed by atoms with Crippen molar-refractivity contribution in [1.29, 1.82) is 0 Å². The zero-order valence-electron chi connectivity index (χ0n) is 13.5. The first-order chi connectivity index (χ1) is 12.1. The third-order valence-electron chi connectivity index (χ3n) is 3.43. The number of aryl methyl sites for hydroxylation is 1. The van der Waals surface area contributed by atoms with Gasteiger partial charge < -0.3 is 5.73 Å². The Morgan fingerprint density at radius 3 is 2.64 bits per heavy atom. The van der Waals surface area contributed by atoms with E-state index in [1.165, 1.54) is 0 Å². The molecule has 7 nitrogen and oxygen atoms in total. The fraction of sp³-hybridized carbons (Fsp3) is 0.118. The summed E-state index contributed by atoms with van der Waals surface area (Å²) in [5.41, 5.74) is 11.7. The van der Waals surface area contributed by atoms with Gasteiger partial charge >= 0.3 is 5.84 Å². The molecule has 128 valence electrons. The van der Waals surface area contributed by atoms with Crippen molar-refractivity contribution in [2.75, 3.05) is 5.73 Å². The molecule has 1 heterocycles. The van der Waals surface area contributed by atoms with Crippen molar-refractivity contribution in [2.45, 2.75) is 13.5 Å². The fourth-order valence-electron chi connectivity index (χ4n) is 2.08. The van der Waals surface area contributed by atoms with Gasteiger partial charge in [-0.05, 0) is 35.4 Å². The van der Waals surface area contributed by atoms with Crippen LogP contribution in [0.2, 0.25) is 5.02 Å². The van der Waals surface area contributed by atoms with Gasteiger partial charge in [-0.3, -0.25) is 0 Å². The number of rotatable bonds is 5. The van der Waals surface area contributed by atoms with Crippen molar-refractivity contribution in [3.8, 4) is 0 Å². The van der Waals surface area contributed by atoms with Crippen molar-refractivity contribution in [1.82, 2.24) is 15.8 Å². The Hall–Kier alpha value is -2.90. The Morgan fingerprint density at radius 1 is 1.20 bits per heavy atom. The lowest BCUT2D eigenvalue weighted by atomic mass is 10.2. The monoisotopic (exact) mass is 358 g/mol. The maximum atomic E-state index is 6.12. The first kappa shape index (κ1) is 16.9. The molecule has 2 aromatic carbocycles. The summed E-state index contributed by atoms with van der Waals surface area (Å²) in [4.78, 5) is 8.69. The number of nitrogen functional groups attached to an aromatic ring is 1. The number of hydrogen-bond acceptors (Lipinski definition) is 5. The summed E-state index contributed by atoms with van der Waals surface area (Å²) in [5.74, 6) is 0.554. The molecule has 8 heteroatoms. The average Bonchev–Trinajstić information content (AvgIpc) is 3.03. The van der Waals surface area contributed by atoms with Gasteiger partial charge in [-0.1, -0.05) is 47.5 Å². The summed E-state index contributed by atoms with van der Waals surface area (Å²) < 4.78 is 4.66. The molecular weight excluding hydrogens is 342 g/mol. The molecule has 0 atom stereocenters. The largest absolute Gasteiger partial charge is 0.379 e. The minimum atomic E-state index is 0.142. The zero-order chi connectivity index (χ0) is 17.6. The van der Waals surface area contributed by atoms with Crippen LogP contribution in [0.25, 0.3) is 0 Å². The number of hydroxylamine groups is 1. The summed E-state index contributed by atoms with van der Waals surface area (Å²) in [7, 11) is 0. The van der Waals surface area contributed by atoms with Crippen LogP contribution in [-0.2, 0) is 11.4 Å². The predicted octanol–water partition coefficient (Wildman–Crippen LogP) is 1.49. The maximum Gasteiger partial charge on any atom is 0.336 e. The Morgan fingerprint density at radius 2 is 1.96 bits per heavy atom. The van der Waals surface area contributed by atoms with Crippen LogP contribution in [0, 0.1) is 6.92 Å². The van der Waals surface area contributed by atoms with Crippen molar-refractivity contribution in [2.24, 2.45) is 0 Å². The van der Waals surface area contributed by atoms with Gasteiger partial charge in [0.1, 0.15) is 12.3 Å². The van der Waals surface area contributed by atoms with E-state index in [0.29, 0.717) is 16.6 Å². The molecule has 0 spiro atoms. The molecule has 3 rings (SSSR count). The van der Waals surface area contributed by atoms with E-state index in [0.717, 1.165) is 16.8 Å². The average molecular weight is 359 g/mol. The van der Waals surface area contributed by atoms with Gasteiger partial charge in [0.25, 0.3) is 0 Å². The molecule has 4 N–H and O–H groups in total. The topological polar surface area (TPSA) is 100 Å². The molecule has 3 aromatic rings. The molecular formula is C17H17ClN5O2+. The highest BCUT2D eigenvalue weighted by atomic mass is 35.5. The number of benzene rings is 2. The molecule has 1 aromatic heterocycles. The molecule has 0 amide bonds. The van der Waals surface area contributed by atoms with Crippen LogP contribution in [0.5, 0.6) is 0 Å². The number of anilines is 1. The van der Waals surface area contributed by atoms with Crippen LogP contribution in [0.4, 0.5) is 11.5 Å². The van der Waals surface area contributed by atoms with Crippen LogP contribution in [0.1, 0.15) is 16.8 Å². The molecule has 0 unspecified atom stereocenters. The number of aromatic nitrogens is 2. The highest BCUT2D eigenvalue weighted by molar-refractivity contribution is 6.31. The molecule has 0 aliphatic carbocycles. The predicted molar refractivity (Wildman–Crippen MR) is 94.0 cm³/mol. The number of amidine groups is 1. The highest BCUT2D eigenvalue weighted by Gasteiger charge is 2.21. The Balaban J connectivity index is 1.79. The van der Waals surface area contributed by atoms with Gasteiger partial charge in [0, 0.05) is 10.6 Å². The van der Waals surface area contributed by atoms with Gasteiger partial charge in [0.2, 0.25) is 11.5 Å². The highest BCUT2D eigenvalue weighted by Crippen LogP contribution is 2.15. The fourth-order valence-corrected chi connectivity index (χ4v) is 2.27. The normalized spacial score (nSPS) is 11.5. The van der Waals surface area contributed by atoms with E-state index in [-0.39, 0.29) is 12.4 Å². The first-order valence-corrected chi connectivity index (χ1v) is 7.91. The SMILES string of the molecule is Cc1ccc([NH+]=C(NOCc2ccccc2Cl)c2nonc2N)cc1. The summed E-state index contributed by atoms with van der Waals surface area (Å²) in [6.45, 7) is 2.27. The van der Waals surface area contributed by atoms with E-state index in [1.54, 1.807) is 6.07 Å². The number of nitrogens with two attached hydrogens (primary N) is 1. The molecule has 0 radical (unpaired) electrons. The maximum absolute atomic E-state index is 6.12. The lowest BCUT2D eigenvalue weighted by Crippen LogP contribution is -2.70. The summed E-state index contributed by atoms with van der Waals surface area (Å²) in [6, 6.07) is 15.2. The van der Waals surface area contributed by atoms with E-state index in [4.69, 9.17) is 22.2 Å². The standard InChI is InChI=1S/C17H16ClN5O2/c1-11-6-8-13(9-7-11)20-17(15-16(19)22-25-21-15)23-24-10-12-4-2-3-5-14(12)18/h2-9H,10H2,1H3,(H2,19,22)(H,20,23)/p+1. The lowest BCUT2D eigenvalue weighted by Gasteiger charge is -2.04. The molecule has 0 saturated carbocycles. The molecule has 0 bridgehead atoms. The Labute approximate surface area is 149 Å². The summed E-state index contributed by atoms with van der Waals surface area (Å²) in [5, 5.41) is 8.01. The third-order valence-corrected chi connectivity index (χ3v) is 3.80. The number of halogens is 1. The second-order valence-electron chi connectivity index (χ2n) is 5.35. The lowest BCUT2D eigenvalue weighted by molar-refractivity contribution is -0.359. The van der Waals surface area contributed by atoms with Crippen LogP contribution >= 0.6 is 11.6 Å². The van der Waals surface area contributed by atoms with Crippen molar-refractivity contribution in [3.05, 3.63) is 70.4 Å². The number of hydrogen-bond donors (Lipinski definition) is 3. The third kappa shape index (κ3) is 4.34. The quantitative estimate of drug-likeness (QED) is 0.363. The minimum absolute atomic E-state index is 0.142. The smallest absolute Gasteiger partial charge is 0.336 e. The van der Waals surface area contributed by atoms with E-state index >= 15 is 0 Å². The van der Waals surface area contributed by atoms with Crippen LogP contribution in [0.3, 0.4) is 0 Å². The second kappa shape index (κ2) is 7.78. The van der Waals surface area contributed by atoms with Crippen LogP contribution in [-0.4, -0.2) is 16.1 Å². The molecule has 0 aliphatic rings. The molecule has 25 heavy (non-hydrogen) atoms. The van der Waals surface area contributed by atoms with Crippen molar-refractivity contribution < 1.29 is 14.5 Å². The van der Waals surface area contributed by atoms with Gasteiger partial charge in [0.15, 0.2) is 0 Å².